The molecule has 23 heavy (non-hydrogen) atoms. The second-order valence-electron chi connectivity index (χ2n) is 6.15. The average Bonchev–Trinajstić information content (AvgIpc) is 3.24. The van der Waals surface area contributed by atoms with Gasteiger partial charge in [0, 0.05) is 0 Å². The summed E-state index contributed by atoms with van der Waals surface area (Å²) in [5.41, 5.74) is 6.39. The zero-order valence-corrected chi connectivity index (χ0v) is 20.7. The zero-order valence-electron chi connectivity index (χ0n) is 14.0. The Balaban J connectivity index is 0.000000132. The number of fused-ring (bicyclic) bond motifs is 2. The van der Waals surface area contributed by atoms with Crippen molar-refractivity contribution in [3.8, 4) is 0 Å². The van der Waals surface area contributed by atoms with E-state index in [2.05, 4.69) is 71.7 Å². The Morgan fingerprint density at radius 3 is 1.57 bits per heavy atom. The van der Waals surface area contributed by atoms with E-state index >= 15 is 0 Å². The number of hydrogen-bond donors (Lipinski definition) is 0. The molecule has 0 bridgehead atoms. The fraction of sp³-hybridized carbons (Fsp3) is 0.450. The fourth-order valence-electron chi connectivity index (χ4n) is 3.23. The van der Waals surface area contributed by atoms with Crippen molar-refractivity contribution in [2.75, 3.05) is 0 Å². The Hall–Kier alpha value is 0.400. The van der Waals surface area contributed by atoms with Gasteiger partial charge in [-0.3, -0.25) is 0 Å². The molecule has 0 aliphatic heterocycles. The minimum atomic E-state index is -1.20. The maximum absolute atomic E-state index is 3.45. The standard InChI is InChI=1S/2C9H11.C2H4.2BrH.Hf/c2*1-2-5-9-7-3-6-8(9)4-1;1-2;;;/h2*3,6-7H,1-2,4-5H2;1H,2H3;2*1H;/q2*-1;;;;+2/p-2. The van der Waals surface area contributed by atoms with Gasteiger partial charge in [-0.2, -0.15) is 46.5 Å². The van der Waals surface area contributed by atoms with Gasteiger partial charge in [-0.1, -0.05) is 51.4 Å². The van der Waals surface area contributed by atoms with E-state index in [1.807, 2.05) is 0 Å². The molecule has 0 nitrogen and oxygen atoms in total. The summed E-state index contributed by atoms with van der Waals surface area (Å²) in [6.45, 7) is 2.07. The minimum Gasteiger partial charge on any atom is -0.210 e. The summed E-state index contributed by atoms with van der Waals surface area (Å²) in [5, 5.41) is 0. The molecular formula is C20H26Br2Hf-2. The van der Waals surface area contributed by atoms with Crippen molar-refractivity contribution in [3.63, 3.8) is 0 Å². The molecule has 3 heteroatoms. The van der Waals surface area contributed by atoms with Crippen LogP contribution in [0.3, 0.4) is 0 Å². The summed E-state index contributed by atoms with van der Waals surface area (Å²) in [6.07, 6.45) is 10.9. The summed E-state index contributed by atoms with van der Waals surface area (Å²) in [7, 11) is 0. The van der Waals surface area contributed by atoms with Crippen LogP contribution in [0.1, 0.15) is 54.9 Å². The van der Waals surface area contributed by atoms with Crippen LogP contribution in [0.25, 0.3) is 0 Å². The summed E-state index contributed by atoms with van der Waals surface area (Å²) in [5.74, 6) is 0. The molecule has 126 valence electrons. The second kappa shape index (κ2) is 11.1. The molecule has 0 fully saturated rings. The zero-order chi connectivity index (χ0) is 16.5. The summed E-state index contributed by atoms with van der Waals surface area (Å²) >= 11 is 5.69. The maximum atomic E-state index is 3.45. The third-order valence-electron chi connectivity index (χ3n) is 4.52. The first kappa shape index (κ1) is 19.7. The first-order valence-electron chi connectivity index (χ1n) is 8.65. The van der Waals surface area contributed by atoms with Gasteiger partial charge in [-0.15, -0.1) is 0 Å². The van der Waals surface area contributed by atoms with Gasteiger partial charge in [0.25, 0.3) is 0 Å². The number of aryl methyl sites for hydroxylation is 4. The minimum absolute atomic E-state index is 1.20. The topological polar surface area (TPSA) is 0 Å². The smallest absolute Gasteiger partial charge is 0.0512 e. The Labute approximate surface area is 160 Å². The largest absolute Gasteiger partial charge is 0.210 e. The Morgan fingerprint density at radius 1 is 0.826 bits per heavy atom. The van der Waals surface area contributed by atoms with Crippen molar-refractivity contribution in [2.24, 2.45) is 0 Å². The van der Waals surface area contributed by atoms with Crippen molar-refractivity contribution in [3.05, 3.63) is 58.7 Å². The molecule has 0 saturated carbocycles. The molecule has 2 aliphatic rings. The molecule has 0 spiro atoms. The molecule has 0 heterocycles. The molecule has 2 aliphatic carbocycles. The number of rotatable bonds is 0. The normalized spacial score (nSPS) is 15.1. The predicted octanol–water partition coefficient (Wildman–Crippen LogP) is 6.62. The van der Waals surface area contributed by atoms with Gasteiger partial charge in [0.15, 0.2) is 0 Å². The van der Waals surface area contributed by atoms with Crippen LogP contribution in [0.2, 0.25) is 0 Å². The number of hydrogen-bond acceptors (Lipinski definition) is 0. The predicted molar refractivity (Wildman–Crippen MR) is 107 cm³/mol. The molecule has 0 atom stereocenters. The molecule has 0 saturated heterocycles. The van der Waals surface area contributed by atoms with E-state index in [1.54, 1.807) is 22.3 Å². The van der Waals surface area contributed by atoms with Crippen molar-refractivity contribution >= 4 is 28.3 Å². The first-order valence-corrected chi connectivity index (χ1v) is 26.4. The third kappa shape index (κ3) is 7.04. The van der Waals surface area contributed by atoms with Gasteiger partial charge >= 0.3 is 51.6 Å². The molecule has 0 N–H and O–H groups in total. The van der Waals surface area contributed by atoms with Gasteiger partial charge in [0.2, 0.25) is 0 Å². The molecule has 0 unspecified atom stereocenters. The van der Waals surface area contributed by atoms with Gasteiger partial charge < -0.3 is 0 Å². The Kier molecular flexibility index (Phi) is 9.52. The van der Waals surface area contributed by atoms with Gasteiger partial charge in [-0.05, 0) is 0 Å². The third-order valence-corrected chi connectivity index (χ3v) is 13.6. The van der Waals surface area contributed by atoms with Crippen LogP contribution < -0.4 is 0 Å². The van der Waals surface area contributed by atoms with Crippen LogP contribution in [-0.2, 0) is 42.0 Å². The van der Waals surface area contributed by atoms with E-state index in [0.717, 1.165) is 0 Å². The van der Waals surface area contributed by atoms with Crippen LogP contribution in [-0.4, -0.2) is 3.76 Å². The second-order valence-corrected chi connectivity index (χ2v) is 33.0. The van der Waals surface area contributed by atoms with E-state index in [-0.39, 0.29) is 0 Å². The van der Waals surface area contributed by atoms with E-state index in [0.29, 0.717) is 0 Å². The molecule has 2 aromatic rings. The van der Waals surface area contributed by atoms with E-state index < -0.39 is 16.3 Å². The van der Waals surface area contributed by atoms with E-state index in [1.165, 1.54) is 51.4 Å². The van der Waals surface area contributed by atoms with Gasteiger partial charge in [0.05, 0.1) is 0 Å². The summed E-state index contributed by atoms with van der Waals surface area (Å²) < 4.78 is 2.21. The molecule has 4 rings (SSSR count). The van der Waals surface area contributed by atoms with E-state index in [9.17, 15) is 0 Å². The van der Waals surface area contributed by atoms with Crippen molar-refractivity contribution < 1.29 is 16.3 Å². The molecule has 2 aromatic carbocycles. The first-order chi connectivity index (χ1) is 11.2. The monoisotopic (exact) mass is 604 g/mol. The van der Waals surface area contributed by atoms with Crippen LogP contribution in [0, 0.1) is 0 Å². The summed E-state index contributed by atoms with van der Waals surface area (Å²) in [4.78, 5) is 0. The Bertz CT molecular complexity index is 515. The molecule has 0 amide bonds. The molecular weight excluding hydrogens is 579 g/mol. The molecule has 0 aromatic heterocycles. The van der Waals surface area contributed by atoms with E-state index in [4.69, 9.17) is 0 Å². The van der Waals surface area contributed by atoms with Gasteiger partial charge in [-0.25, -0.2) is 12.1 Å². The van der Waals surface area contributed by atoms with Crippen LogP contribution in [0.15, 0.2) is 36.4 Å². The van der Waals surface area contributed by atoms with Crippen molar-refractivity contribution in [2.45, 2.75) is 58.3 Å². The average molecular weight is 605 g/mol. The van der Waals surface area contributed by atoms with Crippen LogP contribution in [0.5, 0.6) is 0 Å². The fourth-order valence-corrected chi connectivity index (χ4v) is 3.23. The van der Waals surface area contributed by atoms with Crippen LogP contribution >= 0.6 is 24.6 Å². The van der Waals surface area contributed by atoms with Crippen molar-refractivity contribution in [1.29, 1.82) is 0 Å². The van der Waals surface area contributed by atoms with Gasteiger partial charge in [0.1, 0.15) is 0 Å². The SMILES string of the molecule is C[CH]=[Hf]([Br])[Br].c1cc2c([cH-]1)CCCC2.c1cc2c([cH-]1)CCCC2. The number of halogens is 2. The Morgan fingerprint density at radius 2 is 1.22 bits per heavy atom. The van der Waals surface area contributed by atoms with Crippen LogP contribution in [0.4, 0.5) is 0 Å². The molecule has 0 radical (unpaired) electrons. The van der Waals surface area contributed by atoms with Crippen molar-refractivity contribution in [1.82, 2.24) is 0 Å². The quantitative estimate of drug-likeness (QED) is 0.235. The maximum Gasteiger partial charge on any atom is -0.0512 e. The summed E-state index contributed by atoms with van der Waals surface area (Å²) in [6, 6.07) is 13.4.